The Morgan fingerprint density at radius 2 is 1.68 bits per heavy atom. The number of carbonyl (C=O) groups is 1. The molecule has 0 saturated carbocycles. The molecule has 4 atom stereocenters. The standard InChI is InChI=1S/C19H32O6/c1-16(2,3)25-15(20)21-11-19(12-22-19)10-8-14-18(6,24-14)9-7-13-17(4,5)23-13/h13-14H,7-12H2,1-6H3/t13-,14-,18-,19+/m1/s1. The van der Waals surface area contributed by atoms with Gasteiger partial charge in [-0.15, -0.1) is 0 Å². The number of hydrogen-bond acceptors (Lipinski definition) is 6. The van der Waals surface area contributed by atoms with Crippen LogP contribution in [-0.4, -0.2) is 54.0 Å². The van der Waals surface area contributed by atoms with Gasteiger partial charge in [0.15, 0.2) is 0 Å². The third kappa shape index (κ3) is 5.08. The topological polar surface area (TPSA) is 73.1 Å². The molecule has 0 aromatic carbocycles. The van der Waals surface area contributed by atoms with Crippen LogP contribution in [0.4, 0.5) is 4.79 Å². The lowest BCUT2D eigenvalue weighted by molar-refractivity contribution is -0.0171. The van der Waals surface area contributed by atoms with Gasteiger partial charge in [0, 0.05) is 0 Å². The van der Waals surface area contributed by atoms with E-state index < -0.39 is 11.8 Å². The van der Waals surface area contributed by atoms with Gasteiger partial charge in [0.05, 0.1) is 30.0 Å². The van der Waals surface area contributed by atoms with Gasteiger partial charge < -0.3 is 23.7 Å². The molecule has 0 aliphatic carbocycles. The van der Waals surface area contributed by atoms with E-state index >= 15 is 0 Å². The van der Waals surface area contributed by atoms with Crippen LogP contribution >= 0.6 is 0 Å². The Hall–Kier alpha value is -0.850. The molecule has 0 spiro atoms. The number of rotatable bonds is 8. The summed E-state index contributed by atoms with van der Waals surface area (Å²) >= 11 is 0. The second kappa shape index (κ2) is 6.10. The van der Waals surface area contributed by atoms with Crippen molar-refractivity contribution in [3.05, 3.63) is 0 Å². The maximum atomic E-state index is 11.7. The highest BCUT2D eigenvalue weighted by Gasteiger charge is 2.56. The molecule has 3 rings (SSSR count). The van der Waals surface area contributed by atoms with Crippen molar-refractivity contribution in [3.8, 4) is 0 Å². The molecule has 0 amide bonds. The van der Waals surface area contributed by atoms with Crippen LogP contribution in [0.5, 0.6) is 0 Å². The molecule has 0 aromatic rings. The van der Waals surface area contributed by atoms with Crippen LogP contribution in [0.2, 0.25) is 0 Å². The zero-order valence-electron chi connectivity index (χ0n) is 16.3. The molecule has 0 aromatic heterocycles. The largest absolute Gasteiger partial charge is 0.508 e. The summed E-state index contributed by atoms with van der Waals surface area (Å²) in [4.78, 5) is 11.7. The molecule has 6 nitrogen and oxygen atoms in total. The predicted molar refractivity (Wildman–Crippen MR) is 91.6 cm³/mol. The summed E-state index contributed by atoms with van der Waals surface area (Å²) in [5, 5.41) is 0. The normalized spacial score (nSPS) is 38.2. The highest BCUT2D eigenvalue weighted by molar-refractivity contribution is 5.60. The van der Waals surface area contributed by atoms with Gasteiger partial charge in [-0.1, -0.05) is 0 Å². The van der Waals surface area contributed by atoms with Crippen LogP contribution < -0.4 is 0 Å². The maximum Gasteiger partial charge on any atom is 0.508 e. The van der Waals surface area contributed by atoms with Crippen molar-refractivity contribution in [1.82, 2.24) is 0 Å². The summed E-state index contributed by atoms with van der Waals surface area (Å²) < 4.78 is 27.5. The average Bonchev–Trinajstić information content (AvgIpc) is 3.37. The first-order chi connectivity index (χ1) is 11.4. The molecule has 25 heavy (non-hydrogen) atoms. The lowest BCUT2D eigenvalue weighted by Crippen LogP contribution is -2.28. The molecule has 3 aliphatic heterocycles. The smallest absolute Gasteiger partial charge is 0.431 e. The van der Waals surface area contributed by atoms with Crippen LogP contribution in [-0.2, 0) is 23.7 Å². The summed E-state index contributed by atoms with van der Waals surface area (Å²) in [6.07, 6.45) is 3.82. The number of ether oxygens (including phenoxy) is 5. The highest BCUT2D eigenvalue weighted by Crippen LogP contribution is 2.48. The Balaban J connectivity index is 1.33. The minimum Gasteiger partial charge on any atom is -0.431 e. The Morgan fingerprint density at radius 3 is 2.20 bits per heavy atom. The molecule has 3 fully saturated rings. The van der Waals surface area contributed by atoms with Crippen molar-refractivity contribution in [3.63, 3.8) is 0 Å². The minimum absolute atomic E-state index is 0.0376. The molecule has 144 valence electrons. The Morgan fingerprint density at radius 1 is 1.08 bits per heavy atom. The van der Waals surface area contributed by atoms with Gasteiger partial charge in [-0.2, -0.15) is 0 Å². The molecule has 3 saturated heterocycles. The lowest BCUT2D eigenvalue weighted by atomic mass is 9.93. The van der Waals surface area contributed by atoms with Gasteiger partial charge in [-0.25, -0.2) is 4.79 Å². The summed E-state index contributed by atoms with van der Waals surface area (Å²) in [7, 11) is 0. The van der Waals surface area contributed by atoms with Gasteiger partial charge >= 0.3 is 6.16 Å². The molecule has 3 aliphatic rings. The molecular formula is C19H32O6. The molecule has 0 bridgehead atoms. The van der Waals surface area contributed by atoms with Crippen LogP contribution in [0.25, 0.3) is 0 Å². The minimum atomic E-state index is -0.637. The number of hydrogen-bond donors (Lipinski definition) is 0. The monoisotopic (exact) mass is 356 g/mol. The van der Waals surface area contributed by atoms with E-state index in [1.807, 2.05) is 20.8 Å². The van der Waals surface area contributed by atoms with Crippen molar-refractivity contribution in [2.45, 2.75) is 102 Å². The van der Waals surface area contributed by atoms with Crippen molar-refractivity contribution >= 4 is 6.16 Å². The van der Waals surface area contributed by atoms with Crippen molar-refractivity contribution < 1.29 is 28.5 Å². The summed E-state index contributed by atoms with van der Waals surface area (Å²) in [6, 6.07) is 0. The second-order valence-corrected chi connectivity index (χ2v) is 9.43. The summed E-state index contributed by atoms with van der Waals surface area (Å²) in [6.45, 7) is 12.8. The van der Waals surface area contributed by atoms with Crippen LogP contribution in [0.1, 0.15) is 67.2 Å². The Labute approximate surface area is 150 Å². The highest BCUT2D eigenvalue weighted by atomic mass is 16.7. The third-order valence-electron chi connectivity index (χ3n) is 5.36. The van der Waals surface area contributed by atoms with Gasteiger partial charge in [0.1, 0.15) is 17.8 Å². The van der Waals surface area contributed by atoms with E-state index in [1.54, 1.807) is 0 Å². The number of epoxide rings is 3. The maximum absolute atomic E-state index is 11.7. The van der Waals surface area contributed by atoms with Gasteiger partial charge in [0.25, 0.3) is 0 Å². The summed E-state index contributed by atoms with van der Waals surface area (Å²) in [5.41, 5.74) is -0.876. The quantitative estimate of drug-likeness (QED) is 0.489. The van der Waals surface area contributed by atoms with Crippen molar-refractivity contribution in [2.24, 2.45) is 0 Å². The van der Waals surface area contributed by atoms with Crippen molar-refractivity contribution in [1.29, 1.82) is 0 Å². The molecule has 6 heteroatoms. The lowest BCUT2D eigenvalue weighted by Gasteiger charge is -2.20. The SMILES string of the molecule is CC(C)(C)OC(=O)OC[C@@]1(CC[C@H]2O[C@]2(C)CC[C@H]2OC2(C)C)CO1. The Kier molecular flexibility index (Phi) is 4.62. The zero-order chi connectivity index (χ0) is 18.5. The third-order valence-corrected chi connectivity index (χ3v) is 5.36. The first kappa shape index (κ1) is 18.9. The van der Waals surface area contributed by atoms with E-state index in [0.29, 0.717) is 12.7 Å². The fourth-order valence-corrected chi connectivity index (χ4v) is 3.30. The fraction of sp³-hybridized carbons (Fsp3) is 0.947. The van der Waals surface area contributed by atoms with Crippen molar-refractivity contribution in [2.75, 3.05) is 13.2 Å². The first-order valence-electron chi connectivity index (χ1n) is 9.29. The molecule has 0 radical (unpaired) electrons. The van der Waals surface area contributed by atoms with E-state index in [2.05, 4.69) is 20.8 Å². The summed E-state index contributed by atoms with van der Waals surface area (Å²) in [5.74, 6) is 0. The predicted octanol–water partition coefficient (Wildman–Crippen LogP) is 3.60. The van der Waals surface area contributed by atoms with Crippen LogP contribution in [0.15, 0.2) is 0 Å². The molecule has 0 N–H and O–H groups in total. The van der Waals surface area contributed by atoms with Gasteiger partial charge in [-0.05, 0) is 67.2 Å². The van der Waals surface area contributed by atoms with E-state index in [0.717, 1.165) is 25.7 Å². The Bertz CT molecular complexity index is 518. The fourth-order valence-electron chi connectivity index (χ4n) is 3.30. The second-order valence-electron chi connectivity index (χ2n) is 9.43. The molecular weight excluding hydrogens is 324 g/mol. The van der Waals surface area contributed by atoms with E-state index in [9.17, 15) is 4.79 Å². The first-order valence-corrected chi connectivity index (χ1v) is 9.29. The van der Waals surface area contributed by atoms with E-state index in [4.69, 9.17) is 23.7 Å². The van der Waals surface area contributed by atoms with Gasteiger partial charge in [-0.3, -0.25) is 0 Å². The number of carbonyl (C=O) groups excluding carboxylic acids is 1. The van der Waals surface area contributed by atoms with Gasteiger partial charge in [0.2, 0.25) is 0 Å². The van der Waals surface area contributed by atoms with Crippen LogP contribution in [0.3, 0.4) is 0 Å². The van der Waals surface area contributed by atoms with Crippen LogP contribution in [0, 0.1) is 0 Å². The average molecular weight is 356 g/mol. The molecule has 3 heterocycles. The molecule has 0 unspecified atom stereocenters. The zero-order valence-corrected chi connectivity index (χ0v) is 16.3. The van der Waals surface area contributed by atoms with E-state index in [-0.39, 0.29) is 29.5 Å². The van der Waals surface area contributed by atoms with E-state index in [1.165, 1.54) is 0 Å².